The molecule has 0 aliphatic carbocycles. The summed E-state index contributed by atoms with van der Waals surface area (Å²) in [5.74, 6) is 0.892. The second kappa shape index (κ2) is 8.99. The zero-order valence-electron chi connectivity index (χ0n) is 18.2. The fraction of sp³-hybridized carbons (Fsp3) is 0.286. The minimum atomic E-state index is 0.0488. The molecule has 0 saturated carbocycles. The van der Waals surface area contributed by atoms with E-state index in [1.807, 2.05) is 21.9 Å². The van der Waals surface area contributed by atoms with Crippen LogP contribution < -0.4 is 0 Å². The molecule has 2 heterocycles. The molecule has 162 valence electrons. The average molecular weight is 425 g/mol. The van der Waals surface area contributed by atoms with Gasteiger partial charge in [-0.15, -0.1) is 0 Å². The third-order valence-corrected chi connectivity index (χ3v) is 6.87. The van der Waals surface area contributed by atoms with Gasteiger partial charge in [-0.3, -0.25) is 9.59 Å². The third kappa shape index (κ3) is 4.18. The van der Waals surface area contributed by atoms with Crippen LogP contribution in [0.3, 0.4) is 0 Å². The van der Waals surface area contributed by atoms with Gasteiger partial charge in [0.05, 0.1) is 0 Å². The Balaban J connectivity index is 1.21. The van der Waals surface area contributed by atoms with Crippen molar-refractivity contribution in [2.75, 3.05) is 26.2 Å². The molecular formula is C28H28N2O2. The van der Waals surface area contributed by atoms with Crippen molar-refractivity contribution in [1.29, 1.82) is 0 Å². The van der Waals surface area contributed by atoms with Gasteiger partial charge in [-0.2, -0.15) is 0 Å². The molecule has 2 aliphatic heterocycles. The molecule has 2 fully saturated rings. The molecule has 0 unspecified atom stereocenters. The number of amides is 2. The van der Waals surface area contributed by atoms with Crippen molar-refractivity contribution in [3.63, 3.8) is 0 Å². The molecule has 0 N–H and O–H groups in total. The van der Waals surface area contributed by atoms with Crippen molar-refractivity contribution in [1.82, 2.24) is 9.80 Å². The van der Waals surface area contributed by atoms with Crippen LogP contribution in [0, 0.1) is 0 Å². The Kier molecular flexibility index (Phi) is 5.76. The van der Waals surface area contributed by atoms with E-state index in [0.717, 1.165) is 39.0 Å². The average Bonchev–Trinajstić information content (AvgIpc) is 3.55. The van der Waals surface area contributed by atoms with Crippen molar-refractivity contribution < 1.29 is 9.59 Å². The normalized spacial score (nSPS) is 20.5. The van der Waals surface area contributed by atoms with Crippen LogP contribution in [-0.4, -0.2) is 47.8 Å². The van der Waals surface area contributed by atoms with Gasteiger partial charge in [-0.1, -0.05) is 60.7 Å². The number of benzene rings is 3. The molecule has 5 rings (SSSR count). The third-order valence-electron chi connectivity index (χ3n) is 6.87. The van der Waals surface area contributed by atoms with E-state index in [4.69, 9.17) is 0 Å². The maximum absolute atomic E-state index is 13.0. The van der Waals surface area contributed by atoms with Gasteiger partial charge in [0.25, 0.3) is 11.8 Å². The van der Waals surface area contributed by atoms with Crippen LogP contribution in [0.5, 0.6) is 0 Å². The summed E-state index contributed by atoms with van der Waals surface area (Å²) in [5, 5.41) is 0. The van der Waals surface area contributed by atoms with Gasteiger partial charge in [0.2, 0.25) is 0 Å². The van der Waals surface area contributed by atoms with E-state index >= 15 is 0 Å². The van der Waals surface area contributed by atoms with Crippen molar-refractivity contribution in [3.8, 4) is 0 Å². The Hall–Kier alpha value is -3.40. The van der Waals surface area contributed by atoms with Crippen LogP contribution in [0.15, 0.2) is 84.9 Å². The minimum absolute atomic E-state index is 0.0488. The highest BCUT2D eigenvalue weighted by atomic mass is 16.2. The van der Waals surface area contributed by atoms with E-state index in [2.05, 4.69) is 48.5 Å². The first kappa shape index (κ1) is 20.5. The molecule has 3 aromatic carbocycles. The summed E-state index contributed by atoms with van der Waals surface area (Å²) in [6, 6.07) is 28.0. The van der Waals surface area contributed by atoms with Crippen LogP contribution in [0.1, 0.15) is 56.5 Å². The summed E-state index contributed by atoms with van der Waals surface area (Å²) in [6.07, 6.45) is 1.98. The predicted molar refractivity (Wildman–Crippen MR) is 126 cm³/mol. The smallest absolute Gasteiger partial charge is 0.253 e. The largest absolute Gasteiger partial charge is 0.338 e. The lowest BCUT2D eigenvalue weighted by Crippen LogP contribution is -2.29. The predicted octanol–water partition coefficient (Wildman–Crippen LogP) is 4.95. The maximum Gasteiger partial charge on any atom is 0.253 e. The molecule has 2 aliphatic rings. The molecule has 4 heteroatoms. The number of likely N-dealkylation sites (tertiary alicyclic amines) is 2. The minimum Gasteiger partial charge on any atom is -0.338 e. The molecule has 0 aromatic heterocycles. The van der Waals surface area contributed by atoms with Crippen LogP contribution in [0.25, 0.3) is 0 Å². The molecule has 2 atom stereocenters. The van der Waals surface area contributed by atoms with E-state index < -0.39 is 0 Å². The van der Waals surface area contributed by atoms with Crippen LogP contribution in [-0.2, 0) is 0 Å². The molecule has 0 spiro atoms. The first-order valence-corrected chi connectivity index (χ1v) is 11.5. The van der Waals surface area contributed by atoms with Crippen molar-refractivity contribution in [2.45, 2.75) is 24.7 Å². The summed E-state index contributed by atoms with van der Waals surface area (Å²) in [7, 11) is 0. The quantitative estimate of drug-likeness (QED) is 0.595. The van der Waals surface area contributed by atoms with Crippen molar-refractivity contribution in [2.24, 2.45) is 0 Å². The monoisotopic (exact) mass is 424 g/mol. The topological polar surface area (TPSA) is 40.6 Å². The van der Waals surface area contributed by atoms with Gasteiger partial charge < -0.3 is 9.80 Å². The summed E-state index contributed by atoms with van der Waals surface area (Å²) in [4.78, 5) is 29.8. The summed E-state index contributed by atoms with van der Waals surface area (Å²) in [6.45, 7) is 3.04. The Morgan fingerprint density at radius 1 is 0.562 bits per heavy atom. The first-order chi connectivity index (χ1) is 15.7. The molecule has 2 saturated heterocycles. The number of carbonyl (C=O) groups is 2. The number of hydrogen-bond donors (Lipinski definition) is 0. The summed E-state index contributed by atoms with van der Waals surface area (Å²) < 4.78 is 0. The lowest BCUT2D eigenvalue weighted by Gasteiger charge is -2.18. The molecule has 0 bridgehead atoms. The van der Waals surface area contributed by atoms with Crippen LogP contribution in [0.4, 0.5) is 0 Å². The van der Waals surface area contributed by atoms with Crippen molar-refractivity contribution >= 4 is 11.8 Å². The maximum atomic E-state index is 13.0. The van der Waals surface area contributed by atoms with Gasteiger partial charge in [0, 0.05) is 49.1 Å². The van der Waals surface area contributed by atoms with Crippen LogP contribution in [0.2, 0.25) is 0 Å². The summed E-state index contributed by atoms with van der Waals surface area (Å²) >= 11 is 0. The lowest BCUT2D eigenvalue weighted by molar-refractivity contribution is 0.0779. The highest BCUT2D eigenvalue weighted by molar-refractivity contribution is 5.98. The van der Waals surface area contributed by atoms with Crippen molar-refractivity contribution in [3.05, 3.63) is 107 Å². The summed E-state index contributed by atoms with van der Waals surface area (Å²) in [5.41, 5.74) is 3.89. The SMILES string of the molecule is O=C(c1ccc(C(=O)N2CC[C@@H](c3ccccc3)C2)cc1)N1CC[C@@H](c2ccccc2)C1. The number of rotatable bonds is 4. The standard InChI is InChI=1S/C28H28N2O2/c31-27(29-17-15-25(19-29)21-7-3-1-4-8-21)23-11-13-24(14-12-23)28(32)30-18-16-26(20-30)22-9-5-2-6-10-22/h1-14,25-26H,15-20H2/t25-,26-/m1/s1. The highest BCUT2D eigenvalue weighted by Gasteiger charge is 2.29. The van der Waals surface area contributed by atoms with Gasteiger partial charge in [-0.25, -0.2) is 0 Å². The second-order valence-electron chi connectivity index (χ2n) is 8.87. The fourth-order valence-electron chi connectivity index (χ4n) is 5.00. The fourth-order valence-corrected chi connectivity index (χ4v) is 5.00. The molecule has 4 nitrogen and oxygen atoms in total. The van der Waals surface area contributed by atoms with Crippen LogP contribution >= 0.6 is 0 Å². The zero-order chi connectivity index (χ0) is 21.9. The van der Waals surface area contributed by atoms with Gasteiger partial charge >= 0.3 is 0 Å². The number of hydrogen-bond acceptors (Lipinski definition) is 2. The van der Waals surface area contributed by atoms with E-state index in [0.29, 0.717) is 23.0 Å². The Bertz CT molecular complexity index is 991. The Morgan fingerprint density at radius 2 is 0.938 bits per heavy atom. The van der Waals surface area contributed by atoms with Gasteiger partial charge in [-0.05, 0) is 48.2 Å². The molecular weight excluding hydrogens is 396 g/mol. The lowest BCUT2D eigenvalue weighted by atomic mass is 9.99. The second-order valence-corrected chi connectivity index (χ2v) is 8.87. The molecule has 0 radical (unpaired) electrons. The highest BCUT2D eigenvalue weighted by Crippen LogP contribution is 2.29. The van der Waals surface area contributed by atoms with E-state index in [1.165, 1.54) is 11.1 Å². The molecule has 3 aromatic rings. The number of carbonyl (C=O) groups excluding carboxylic acids is 2. The molecule has 32 heavy (non-hydrogen) atoms. The van der Waals surface area contributed by atoms with Gasteiger partial charge in [0.15, 0.2) is 0 Å². The zero-order valence-corrected chi connectivity index (χ0v) is 18.2. The number of nitrogens with zero attached hydrogens (tertiary/aromatic N) is 2. The Labute approximate surface area is 189 Å². The van der Waals surface area contributed by atoms with E-state index in [-0.39, 0.29) is 11.8 Å². The molecule has 2 amide bonds. The Morgan fingerprint density at radius 3 is 1.31 bits per heavy atom. The van der Waals surface area contributed by atoms with E-state index in [9.17, 15) is 9.59 Å². The van der Waals surface area contributed by atoms with Gasteiger partial charge in [0.1, 0.15) is 0 Å². The first-order valence-electron chi connectivity index (χ1n) is 11.5. The van der Waals surface area contributed by atoms with E-state index in [1.54, 1.807) is 24.3 Å².